The molecule has 0 aromatic carbocycles. The largest absolute Gasteiger partial charge is 0.478 e. The second-order valence-electron chi connectivity index (χ2n) is 4.84. The lowest BCUT2D eigenvalue weighted by Gasteiger charge is -2.20. The van der Waals surface area contributed by atoms with Crippen molar-refractivity contribution in [2.45, 2.75) is 19.3 Å². The molecule has 1 N–H and O–H groups in total. The molecule has 2 aromatic heterocycles. The predicted molar refractivity (Wildman–Crippen MR) is 67.2 cm³/mol. The fraction of sp³-hybridized carbons (Fsp3) is 0.462. The number of hydrogen-bond donors (Lipinski definition) is 1. The van der Waals surface area contributed by atoms with Gasteiger partial charge in [-0.25, -0.2) is 14.3 Å². The summed E-state index contributed by atoms with van der Waals surface area (Å²) in [5.41, 5.74) is 0.890. The molecule has 0 bridgehead atoms. The monoisotopic (exact) mass is 261 g/mol. The third-order valence-electron chi connectivity index (χ3n) is 3.35. The summed E-state index contributed by atoms with van der Waals surface area (Å²) in [5, 5.41) is 13.3. The van der Waals surface area contributed by atoms with Gasteiger partial charge in [0, 0.05) is 25.8 Å². The van der Waals surface area contributed by atoms with Gasteiger partial charge in [0.15, 0.2) is 11.5 Å². The molecule has 6 heteroatoms. The van der Waals surface area contributed by atoms with E-state index in [1.165, 1.54) is 10.7 Å². The van der Waals surface area contributed by atoms with E-state index in [2.05, 4.69) is 10.1 Å². The van der Waals surface area contributed by atoms with Crippen LogP contribution in [0, 0.1) is 5.92 Å². The number of nitrogens with zero attached hydrogens (tertiary/aromatic N) is 3. The normalized spacial score (nSPS) is 19.7. The molecule has 0 radical (unpaired) electrons. The van der Waals surface area contributed by atoms with Gasteiger partial charge < -0.3 is 9.84 Å². The number of aromatic carboxylic acids is 1. The van der Waals surface area contributed by atoms with Crippen molar-refractivity contribution in [2.75, 3.05) is 13.2 Å². The summed E-state index contributed by atoms with van der Waals surface area (Å²) >= 11 is 0. The first-order valence-corrected chi connectivity index (χ1v) is 6.39. The van der Waals surface area contributed by atoms with E-state index in [-0.39, 0.29) is 5.56 Å². The van der Waals surface area contributed by atoms with Gasteiger partial charge in [0.25, 0.3) is 0 Å². The van der Waals surface area contributed by atoms with Crippen LogP contribution in [-0.2, 0) is 11.2 Å². The molecular weight excluding hydrogens is 246 g/mol. The summed E-state index contributed by atoms with van der Waals surface area (Å²) in [6.45, 7) is 1.60. The highest BCUT2D eigenvalue weighted by molar-refractivity contribution is 5.87. The van der Waals surface area contributed by atoms with E-state index in [1.807, 2.05) is 0 Å². The van der Waals surface area contributed by atoms with Crippen molar-refractivity contribution in [3.05, 3.63) is 29.7 Å². The second kappa shape index (κ2) is 4.97. The van der Waals surface area contributed by atoms with Crippen molar-refractivity contribution in [1.82, 2.24) is 14.6 Å². The van der Waals surface area contributed by atoms with Crippen molar-refractivity contribution in [1.29, 1.82) is 0 Å². The van der Waals surface area contributed by atoms with Crippen LogP contribution >= 0.6 is 0 Å². The SMILES string of the molecule is O=C(O)c1ccc2nc(CC3CCCOC3)nn2c1. The number of aromatic nitrogens is 3. The third-order valence-corrected chi connectivity index (χ3v) is 3.35. The van der Waals surface area contributed by atoms with Gasteiger partial charge in [-0.15, -0.1) is 0 Å². The van der Waals surface area contributed by atoms with Crippen LogP contribution in [0.15, 0.2) is 18.3 Å². The molecule has 100 valence electrons. The van der Waals surface area contributed by atoms with E-state index in [4.69, 9.17) is 9.84 Å². The fourth-order valence-corrected chi connectivity index (χ4v) is 2.37. The number of pyridine rings is 1. The quantitative estimate of drug-likeness (QED) is 0.903. The van der Waals surface area contributed by atoms with Gasteiger partial charge in [0.05, 0.1) is 5.56 Å². The molecule has 0 amide bonds. The summed E-state index contributed by atoms with van der Waals surface area (Å²) in [6, 6.07) is 3.22. The van der Waals surface area contributed by atoms with Gasteiger partial charge in [0.1, 0.15) is 0 Å². The Hall–Kier alpha value is -1.95. The Morgan fingerprint density at radius 3 is 3.16 bits per heavy atom. The lowest BCUT2D eigenvalue weighted by atomic mass is 9.98. The highest BCUT2D eigenvalue weighted by atomic mass is 16.5. The Kier molecular flexibility index (Phi) is 3.16. The van der Waals surface area contributed by atoms with Gasteiger partial charge in [-0.05, 0) is 30.9 Å². The van der Waals surface area contributed by atoms with Crippen LogP contribution < -0.4 is 0 Å². The maximum absolute atomic E-state index is 10.9. The molecule has 0 saturated carbocycles. The van der Waals surface area contributed by atoms with Crippen LogP contribution in [-0.4, -0.2) is 38.9 Å². The zero-order valence-electron chi connectivity index (χ0n) is 10.5. The molecule has 1 aliphatic rings. The molecular formula is C13H15N3O3. The first-order valence-electron chi connectivity index (χ1n) is 6.39. The summed E-state index contributed by atoms with van der Waals surface area (Å²) in [7, 11) is 0. The molecule has 19 heavy (non-hydrogen) atoms. The van der Waals surface area contributed by atoms with Crippen molar-refractivity contribution in [3.63, 3.8) is 0 Å². The van der Waals surface area contributed by atoms with Crippen molar-refractivity contribution >= 4 is 11.6 Å². The summed E-state index contributed by atoms with van der Waals surface area (Å²) in [5.74, 6) is 0.253. The van der Waals surface area contributed by atoms with E-state index < -0.39 is 5.97 Å². The molecule has 3 heterocycles. The molecule has 1 saturated heterocycles. The van der Waals surface area contributed by atoms with Gasteiger partial charge in [-0.2, -0.15) is 5.10 Å². The number of carbonyl (C=O) groups is 1. The Morgan fingerprint density at radius 2 is 2.42 bits per heavy atom. The fourth-order valence-electron chi connectivity index (χ4n) is 2.37. The molecule has 0 aliphatic carbocycles. The minimum absolute atomic E-state index is 0.213. The highest BCUT2D eigenvalue weighted by Gasteiger charge is 2.17. The Labute approximate surface area is 110 Å². The highest BCUT2D eigenvalue weighted by Crippen LogP contribution is 2.17. The molecule has 1 atom stereocenters. The second-order valence-corrected chi connectivity index (χ2v) is 4.84. The molecule has 6 nitrogen and oxygen atoms in total. The predicted octanol–water partition coefficient (Wildman–Crippen LogP) is 1.40. The average molecular weight is 261 g/mol. The standard InChI is InChI=1S/C13H15N3O3/c17-13(18)10-3-4-12-14-11(15-16(12)7-10)6-9-2-1-5-19-8-9/h3-4,7,9H,1-2,5-6,8H2,(H,17,18). The van der Waals surface area contributed by atoms with Crippen molar-refractivity contribution in [2.24, 2.45) is 5.92 Å². The van der Waals surface area contributed by atoms with E-state index >= 15 is 0 Å². The number of carboxylic acids is 1. The molecule has 2 aromatic rings. The molecule has 1 aliphatic heterocycles. The number of ether oxygens (including phenoxy) is 1. The summed E-state index contributed by atoms with van der Waals surface area (Å²) in [4.78, 5) is 15.3. The van der Waals surface area contributed by atoms with Crippen LogP contribution in [0.1, 0.15) is 29.0 Å². The maximum Gasteiger partial charge on any atom is 0.337 e. The van der Waals surface area contributed by atoms with Crippen molar-refractivity contribution in [3.8, 4) is 0 Å². The van der Waals surface area contributed by atoms with E-state index in [0.717, 1.165) is 38.3 Å². The first kappa shape index (κ1) is 12.1. The lowest BCUT2D eigenvalue weighted by Crippen LogP contribution is -2.19. The summed E-state index contributed by atoms with van der Waals surface area (Å²) < 4.78 is 6.97. The van der Waals surface area contributed by atoms with E-state index in [0.29, 0.717) is 11.6 Å². The number of fused-ring (bicyclic) bond motifs is 1. The number of hydrogen-bond acceptors (Lipinski definition) is 4. The zero-order chi connectivity index (χ0) is 13.2. The van der Waals surface area contributed by atoms with Crippen molar-refractivity contribution < 1.29 is 14.6 Å². The minimum atomic E-state index is -0.959. The first-order chi connectivity index (χ1) is 9.22. The topological polar surface area (TPSA) is 76.7 Å². The minimum Gasteiger partial charge on any atom is -0.478 e. The van der Waals surface area contributed by atoms with E-state index in [1.54, 1.807) is 12.1 Å². The van der Waals surface area contributed by atoms with Crippen LogP contribution in [0.5, 0.6) is 0 Å². The summed E-state index contributed by atoms with van der Waals surface area (Å²) in [6.07, 6.45) is 4.49. The Morgan fingerprint density at radius 1 is 1.53 bits per heavy atom. The number of rotatable bonds is 3. The molecule has 0 spiro atoms. The van der Waals surface area contributed by atoms with Crippen LogP contribution in [0.4, 0.5) is 0 Å². The smallest absolute Gasteiger partial charge is 0.337 e. The lowest BCUT2D eigenvalue weighted by molar-refractivity contribution is 0.0543. The molecule has 3 rings (SSSR count). The number of carboxylic acid groups (broad SMARTS) is 1. The zero-order valence-corrected chi connectivity index (χ0v) is 10.5. The van der Waals surface area contributed by atoms with Gasteiger partial charge >= 0.3 is 5.97 Å². The van der Waals surface area contributed by atoms with E-state index in [9.17, 15) is 4.79 Å². The van der Waals surface area contributed by atoms with Gasteiger partial charge in [-0.3, -0.25) is 0 Å². The van der Waals surface area contributed by atoms with Crippen LogP contribution in [0.3, 0.4) is 0 Å². The van der Waals surface area contributed by atoms with Crippen LogP contribution in [0.25, 0.3) is 5.65 Å². The Bertz CT molecular complexity index is 602. The Balaban J connectivity index is 1.82. The average Bonchev–Trinajstić information content (AvgIpc) is 2.80. The maximum atomic E-state index is 10.9. The van der Waals surface area contributed by atoms with Gasteiger partial charge in [-0.1, -0.05) is 0 Å². The van der Waals surface area contributed by atoms with Gasteiger partial charge in [0.2, 0.25) is 0 Å². The third kappa shape index (κ3) is 2.58. The van der Waals surface area contributed by atoms with Crippen LogP contribution in [0.2, 0.25) is 0 Å². The molecule has 1 unspecified atom stereocenters. The molecule has 1 fully saturated rings.